The van der Waals surface area contributed by atoms with Crippen LogP contribution in [0.4, 0.5) is 5.69 Å². The van der Waals surface area contributed by atoms with Crippen LogP contribution >= 0.6 is 0 Å². The van der Waals surface area contributed by atoms with Gasteiger partial charge in [0.25, 0.3) is 0 Å². The molecule has 1 aromatic carbocycles. The van der Waals surface area contributed by atoms with Crippen LogP contribution < -0.4 is 5.32 Å². The normalized spacial score (nSPS) is 20.1. The lowest BCUT2D eigenvalue weighted by Gasteiger charge is -2.21. The second-order valence-corrected chi connectivity index (χ2v) is 9.87. The molecule has 2 aliphatic rings. The molecule has 2 fully saturated rings. The molecule has 1 aliphatic heterocycles. The highest BCUT2D eigenvalue weighted by Gasteiger charge is 2.25. The van der Waals surface area contributed by atoms with Gasteiger partial charge in [0.15, 0.2) is 0 Å². The van der Waals surface area contributed by atoms with Crippen molar-refractivity contribution < 1.29 is 13.2 Å². The molecular formula is C21H32N2O3S. The van der Waals surface area contributed by atoms with Gasteiger partial charge in [-0.15, -0.1) is 0 Å². The molecule has 1 N–H and O–H groups in total. The zero-order chi connectivity index (χ0) is 19.1. The maximum Gasteiger partial charge on any atom is 0.243 e. The average molecular weight is 393 g/mol. The molecular weight excluding hydrogens is 360 g/mol. The number of hydrogen-bond acceptors (Lipinski definition) is 3. The molecule has 0 radical (unpaired) electrons. The molecule has 1 aromatic rings. The van der Waals surface area contributed by atoms with Gasteiger partial charge in [0.2, 0.25) is 15.9 Å². The van der Waals surface area contributed by atoms with E-state index < -0.39 is 10.0 Å². The molecule has 1 amide bonds. The summed E-state index contributed by atoms with van der Waals surface area (Å²) in [5, 5.41) is 2.89. The summed E-state index contributed by atoms with van der Waals surface area (Å²) in [5.74, 6) is 0.643. The van der Waals surface area contributed by atoms with E-state index in [1.54, 1.807) is 28.6 Å². The fraction of sp³-hybridized carbons (Fsp3) is 0.667. The number of carbonyl (C=O) groups excluding carboxylic acids is 1. The molecule has 0 bridgehead atoms. The lowest BCUT2D eigenvalue weighted by atomic mass is 9.86. The number of nitrogens with one attached hydrogen (secondary N) is 1. The van der Waals surface area contributed by atoms with Gasteiger partial charge >= 0.3 is 0 Å². The average Bonchev–Trinajstić information content (AvgIpc) is 2.97. The fourth-order valence-electron chi connectivity index (χ4n) is 4.20. The van der Waals surface area contributed by atoms with Gasteiger partial charge in [-0.3, -0.25) is 4.79 Å². The fourth-order valence-corrected chi connectivity index (χ4v) is 5.76. The number of carbonyl (C=O) groups is 1. The van der Waals surface area contributed by atoms with Crippen LogP contribution in [0.15, 0.2) is 29.2 Å². The summed E-state index contributed by atoms with van der Waals surface area (Å²) in [5.41, 5.74) is 0.569. The summed E-state index contributed by atoms with van der Waals surface area (Å²) in [7, 11) is -3.49. The zero-order valence-electron chi connectivity index (χ0n) is 16.2. The Bertz CT molecular complexity index is 719. The van der Waals surface area contributed by atoms with Crippen molar-refractivity contribution in [2.45, 2.75) is 75.5 Å². The van der Waals surface area contributed by atoms with Gasteiger partial charge in [-0.05, 0) is 43.4 Å². The number of anilines is 1. The van der Waals surface area contributed by atoms with E-state index in [9.17, 15) is 13.2 Å². The Labute approximate surface area is 163 Å². The summed E-state index contributed by atoms with van der Waals surface area (Å²) in [6.45, 7) is 1.17. The summed E-state index contributed by atoms with van der Waals surface area (Å²) in [6.07, 6.45) is 11.8. The minimum absolute atomic E-state index is 0.0232. The molecule has 0 unspecified atom stereocenters. The molecule has 1 saturated heterocycles. The van der Waals surface area contributed by atoms with Crippen LogP contribution in [0.5, 0.6) is 0 Å². The smallest absolute Gasteiger partial charge is 0.243 e. The maximum atomic E-state index is 12.9. The molecule has 1 heterocycles. The number of amides is 1. The van der Waals surface area contributed by atoms with Gasteiger partial charge in [-0.25, -0.2) is 8.42 Å². The predicted molar refractivity (Wildman–Crippen MR) is 108 cm³/mol. The van der Waals surface area contributed by atoms with Gasteiger partial charge in [0, 0.05) is 25.2 Å². The first-order valence-electron chi connectivity index (χ1n) is 10.5. The minimum Gasteiger partial charge on any atom is -0.326 e. The third-order valence-electron chi connectivity index (χ3n) is 5.82. The van der Waals surface area contributed by atoms with E-state index in [1.165, 1.54) is 32.1 Å². The van der Waals surface area contributed by atoms with E-state index >= 15 is 0 Å². The van der Waals surface area contributed by atoms with Gasteiger partial charge in [0.1, 0.15) is 0 Å². The Morgan fingerprint density at radius 2 is 1.67 bits per heavy atom. The molecule has 1 saturated carbocycles. The topological polar surface area (TPSA) is 66.5 Å². The van der Waals surface area contributed by atoms with Crippen LogP contribution in [0.3, 0.4) is 0 Å². The Kier molecular flexibility index (Phi) is 7.30. The summed E-state index contributed by atoms with van der Waals surface area (Å²) >= 11 is 0. The quantitative estimate of drug-likeness (QED) is 0.772. The highest BCUT2D eigenvalue weighted by Crippen LogP contribution is 2.27. The highest BCUT2D eigenvalue weighted by atomic mass is 32.2. The van der Waals surface area contributed by atoms with E-state index in [4.69, 9.17) is 0 Å². The van der Waals surface area contributed by atoms with E-state index in [-0.39, 0.29) is 10.8 Å². The molecule has 0 aromatic heterocycles. The third-order valence-corrected chi connectivity index (χ3v) is 7.72. The van der Waals surface area contributed by atoms with Gasteiger partial charge in [0.05, 0.1) is 4.90 Å². The van der Waals surface area contributed by atoms with E-state index in [0.29, 0.717) is 31.1 Å². The second-order valence-electron chi connectivity index (χ2n) is 7.94. The third kappa shape index (κ3) is 5.79. The molecule has 1 aliphatic carbocycles. The Balaban J connectivity index is 1.59. The summed E-state index contributed by atoms with van der Waals surface area (Å²) < 4.78 is 27.4. The number of sulfonamides is 1. The van der Waals surface area contributed by atoms with Crippen LogP contribution in [0, 0.1) is 5.92 Å². The van der Waals surface area contributed by atoms with Crippen molar-refractivity contribution in [1.82, 2.24) is 4.31 Å². The van der Waals surface area contributed by atoms with Crippen molar-refractivity contribution in [3.05, 3.63) is 24.3 Å². The van der Waals surface area contributed by atoms with Gasteiger partial charge in [-0.1, -0.05) is 51.0 Å². The molecule has 5 nitrogen and oxygen atoms in total. The largest absolute Gasteiger partial charge is 0.326 e. The second kappa shape index (κ2) is 9.69. The van der Waals surface area contributed by atoms with Crippen LogP contribution in [0.25, 0.3) is 0 Å². The first-order valence-corrected chi connectivity index (χ1v) is 11.9. The lowest BCUT2D eigenvalue weighted by Crippen LogP contribution is -2.32. The molecule has 150 valence electrons. The number of rotatable bonds is 6. The first-order chi connectivity index (χ1) is 13.1. The van der Waals surface area contributed by atoms with E-state index in [2.05, 4.69) is 5.32 Å². The van der Waals surface area contributed by atoms with Crippen molar-refractivity contribution in [3.8, 4) is 0 Å². The molecule has 0 atom stereocenters. The molecule has 3 rings (SSSR count). The Hall–Kier alpha value is -1.40. The van der Waals surface area contributed by atoms with Gasteiger partial charge < -0.3 is 5.32 Å². The maximum absolute atomic E-state index is 12.9. The first kappa shape index (κ1) is 20.3. The monoisotopic (exact) mass is 392 g/mol. The van der Waals surface area contributed by atoms with Crippen molar-refractivity contribution in [1.29, 1.82) is 0 Å². The standard InChI is InChI=1S/C21H32N2O3S/c24-21(14-13-18-9-4-3-5-10-18)22-19-11-8-12-20(17-19)27(25,26)23-15-6-1-2-7-16-23/h8,11-12,17-18H,1-7,9-10,13-16H2,(H,22,24). The number of benzene rings is 1. The summed E-state index contributed by atoms with van der Waals surface area (Å²) in [4.78, 5) is 12.6. The van der Waals surface area contributed by atoms with Crippen LogP contribution in [-0.4, -0.2) is 31.7 Å². The van der Waals surface area contributed by atoms with Crippen molar-refractivity contribution in [3.63, 3.8) is 0 Å². The minimum atomic E-state index is -3.49. The lowest BCUT2D eigenvalue weighted by molar-refractivity contribution is -0.116. The SMILES string of the molecule is O=C(CCC1CCCCC1)Nc1cccc(S(=O)(=O)N2CCCCCC2)c1. The van der Waals surface area contributed by atoms with E-state index in [0.717, 1.165) is 32.1 Å². The predicted octanol–water partition coefficient (Wildman–Crippen LogP) is 4.55. The number of hydrogen-bond donors (Lipinski definition) is 1. The Morgan fingerprint density at radius 1 is 1.00 bits per heavy atom. The van der Waals surface area contributed by atoms with Crippen LogP contribution in [0.1, 0.15) is 70.6 Å². The molecule has 0 spiro atoms. The Morgan fingerprint density at radius 3 is 2.37 bits per heavy atom. The highest BCUT2D eigenvalue weighted by molar-refractivity contribution is 7.89. The van der Waals surface area contributed by atoms with Crippen molar-refractivity contribution >= 4 is 21.6 Å². The zero-order valence-corrected chi connectivity index (χ0v) is 17.0. The van der Waals surface area contributed by atoms with Crippen molar-refractivity contribution in [2.75, 3.05) is 18.4 Å². The van der Waals surface area contributed by atoms with Crippen molar-refractivity contribution in [2.24, 2.45) is 5.92 Å². The van der Waals surface area contributed by atoms with Crippen LogP contribution in [0.2, 0.25) is 0 Å². The molecule has 6 heteroatoms. The van der Waals surface area contributed by atoms with E-state index in [1.807, 2.05) is 0 Å². The van der Waals surface area contributed by atoms with Gasteiger partial charge in [-0.2, -0.15) is 4.31 Å². The van der Waals surface area contributed by atoms with Crippen LogP contribution in [-0.2, 0) is 14.8 Å². The number of nitrogens with zero attached hydrogens (tertiary/aromatic N) is 1. The summed E-state index contributed by atoms with van der Waals surface area (Å²) in [6, 6.07) is 6.69. The molecule has 27 heavy (non-hydrogen) atoms.